The summed E-state index contributed by atoms with van der Waals surface area (Å²) in [4.78, 5) is 35.3. The molecule has 1 aliphatic carbocycles. The van der Waals surface area contributed by atoms with E-state index in [4.69, 9.17) is 14.6 Å². The van der Waals surface area contributed by atoms with Gasteiger partial charge < -0.3 is 14.6 Å². The van der Waals surface area contributed by atoms with Crippen LogP contribution in [0.25, 0.3) is 0 Å². The first kappa shape index (κ1) is 15.7. The molecule has 0 bridgehead atoms. The van der Waals surface area contributed by atoms with E-state index in [1.54, 1.807) is 6.92 Å². The van der Waals surface area contributed by atoms with Crippen LogP contribution in [0, 0.1) is 0 Å². The lowest BCUT2D eigenvalue weighted by molar-refractivity contribution is -0.132. The summed E-state index contributed by atoms with van der Waals surface area (Å²) in [7, 11) is 2.52. The van der Waals surface area contributed by atoms with Crippen LogP contribution in [0.2, 0.25) is 0 Å². The zero-order chi connectivity index (χ0) is 15.4. The van der Waals surface area contributed by atoms with Gasteiger partial charge in [-0.25, -0.2) is 4.79 Å². The molecular weight excluding hydrogens is 264 g/mol. The predicted molar refractivity (Wildman–Crippen MR) is 69.8 cm³/mol. The van der Waals surface area contributed by atoms with E-state index in [1.165, 1.54) is 27.2 Å². The van der Waals surface area contributed by atoms with Gasteiger partial charge in [-0.05, 0) is 19.4 Å². The third-order valence-electron chi connectivity index (χ3n) is 2.99. The van der Waals surface area contributed by atoms with Gasteiger partial charge in [0.05, 0.1) is 14.2 Å². The molecular formula is C14H16O6. The summed E-state index contributed by atoms with van der Waals surface area (Å²) in [6.07, 6.45) is 1.44. The highest BCUT2D eigenvalue weighted by atomic mass is 16.5. The first-order chi connectivity index (χ1) is 9.38. The molecule has 6 heteroatoms. The summed E-state index contributed by atoms with van der Waals surface area (Å²) in [6, 6.07) is 0. The number of ketones is 2. The fourth-order valence-corrected chi connectivity index (χ4v) is 1.83. The third-order valence-corrected chi connectivity index (χ3v) is 2.99. The van der Waals surface area contributed by atoms with Gasteiger partial charge in [0.15, 0.2) is 0 Å². The Morgan fingerprint density at radius 1 is 1.15 bits per heavy atom. The minimum absolute atomic E-state index is 0.0203. The number of rotatable bonds is 5. The number of methoxy groups -OCH3 is 2. The molecule has 0 spiro atoms. The second kappa shape index (κ2) is 6.18. The van der Waals surface area contributed by atoms with Crippen LogP contribution in [0.1, 0.15) is 20.3 Å². The molecule has 20 heavy (non-hydrogen) atoms. The minimum atomic E-state index is -1.13. The molecule has 1 rings (SSSR count). The Morgan fingerprint density at radius 2 is 1.65 bits per heavy atom. The second-order valence-corrected chi connectivity index (χ2v) is 4.09. The molecule has 0 saturated carbocycles. The number of hydrogen-bond donors (Lipinski definition) is 1. The van der Waals surface area contributed by atoms with Crippen molar-refractivity contribution in [3.8, 4) is 0 Å². The molecule has 6 nitrogen and oxygen atoms in total. The van der Waals surface area contributed by atoms with Crippen molar-refractivity contribution >= 4 is 17.5 Å². The first-order valence-corrected chi connectivity index (χ1v) is 5.95. The summed E-state index contributed by atoms with van der Waals surface area (Å²) in [5.41, 5.74) is 0.198. The summed E-state index contributed by atoms with van der Waals surface area (Å²) in [6.45, 7) is 3.10. The van der Waals surface area contributed by atoms with E-state index < -0.39 is 17.5 Å². The maximum atomic E-state index is 12.2. The number of carbonyl (C=O) groups excluding carboxylic acids is 2. The van der Waals surface area contributed by atoms with Crippen molar-refractivity contribution in [2.75, 3.05) is 14.2 Å². The minimum Gasteiger partial charge on any atom is -0.489 e. The number of allylic oxidation sites excluding steroid dienone is 3. The fourth-order valence-electron chi connectivity index (χ4n) is 1.83. The number of carboxylic acids is 1. The van der Waals surface area contributed by atoms with Gasteiger partial charge in [-0.15, -0.1) is 0 Å². The molecule has 0 aliphatic heterocycles. The van der Waals surface area contributed by atoms with E-state index in [-0.39, 0.29) is 34.7 Å². The second-order valence-electron chi connectivity index (χ2n) is 4.09. The number of carbonyl (C=O) groups is 3. The standard InChI is InChI=1S/C14H16O6/c1-5-8(14(17)18)6-9-7(2)10(15)12(19-3)13(20-4)11(9)16/h6H,5H2,1-4H3,(H,17,18)/b8-6+. The van der Waals surface area contributed by atoms with Crippen LogP contribution in [0.5, 0.6) is 0 Å². The topological polar surface area (TPSA) is 89.9 Å². The highest BCUT2D eigenvalue weighted by Gasteiger charge is 2.34. The van der Waals surface area contributed by atoms with Crippen molar-refractivity contribution in [1.29, 1.82) is 0 Å². The fraction of sp³-hybridized carbons (Fsp3) is 0.357. The van der Waals surface area contributed by atoms with Crippen LogP contribution < -0.4 is 0 Å². The number of carboxylic acid groups (broad SMARTS) is 1. The van der Waals surface area contributed by atoms with Crippen LogP contribution in [-0.4, -0.2) is 36.9 Å². The van der Waals surface area contributed by atoms with Crippen molar-refractivity contribution in [1.82, 2.24) is 0 Å². The molecule has 0 amide bonds. The maximum Gasteiger partial charge on any atom is 0.331 e. The van der Waals surface area contributed by atoms with Gasteiger partial charge in [0.25, 0.3) is 0 Å². The lowest BCUT2D eigenvalue weighted by atomic mass is 9.91. The van der Waals surface area contributed by atoms with E-state index in [0.29, 0.717) is 0 Å². The Balaban J connectivity index is 3.42. The average molecular weight is 280 g/mol. The van der Waals surface area contributed by atoms with Gasteiger partial charge >= 0.3 is 5.97 Å². The number of hydrogen-bond acceptors (Lipinski definition) is 5. The molecule has 0 atom stereocenters. The molecule has 0 unspecified atom stereocenters. The van der Waals surface area contributed by atoms with E-state index in [1.807, 2.05) is 0 Å². The van der Waals surface area contributed by atoms with Gasteiger partial charge in [-0.3, -0.25) is 9.59 Å². The summed E-state index contributed by atoms with van der Waals surface area (Å²) in [5.74, 6) is -2.56. The monoisotopic (exact) mass is 280 g/mol. The van der Waals surface area contributed by atoms with Gasteiger partial charge in [0, 0.05) is 16.7 Å². The van der Waals surface area contributed by atoms with Crippen molar-refractivity contribution in [2.45, 2.75) is 20.3 Å². The van der Waals surface area contributed by atoms with Crippen molar-refractivity contribution in [2.24, 2.45) is 0 Å². The van der Waals surface area contributed by atoms with Crippen LogP contribution in [0.4, 0.5) is 0 Å². The van der Waals surface area contributed by atoms with E-state index in [2.05, 4.69) is 0 Å². The maximum absolute atomic E-state index is 12.2. The van der Waals surface area contributed by atoms with Crippen molar-refractivity contribution < 1.29 is 29.0 Å². The summed E-state index contributed by atoms with van der Waals surface area (Å²) < 4.78 is 9.79. The highest BCUT2D eigenvalue weighted by molar-refractivity contribution is 6.24. The average Bonchev–Trinajstić information content (AvgIpc) is 2.42. The number of aliphatic carboxylic acids is 1. The van der Waals surface area contributed by atoms with Gasteiger partial charge in [-0.2, -0.15) is 0 Å². The number of Topliss-reactive ketones (excluding diaryl/α,β-unsaturated/α-hetero) is 2. The number of ether oxygens (including phenoxy) is 2. The first-order valence-electron chi connectivity index (χ1n) is 5.95. The zero-order valence-corrected chi connectivity index (χ0v) is 11.8. The molecule has 0 heterocycles. The summed E-state index contributed by atoms with van der Waals surface area (Å²) >= 11 is 0. The molecule has 0 aromatic heterocycles. The molecule has 0 radical (unpaired) electrons. The lowest BCUT2D eigenvalue weighted by Gasteiger charge is -2.18. The van der Waals surface area contributed by atoms with Crippen molar-refractivity contribution in [3.05, 3.63) is 34.3 Å². The molecule has 0 fully saturated rings. The zero-order valence-electron chi connectivity index (χ0n) is 11.8. The molecule has 1 N–H and O–H groups in total. The van der Waals surface area contributed by atoms with Gasteiger partial charge in [-0.1, -0.05) is 6.92 Å². The van der Waals surface area contributed by atoms with Gasteiger partial charge in [0.2, 0.25) is 23.1 Å². The Hall–Kier alpha value is -2.37. The Morgan fingerprint density at radius 3 is 2.05 bits per heavy atom. The largest absolute Gasteiger partial charge is 0.489 e. The molecule has 0 aromatic carbocycles. The lowest BCUT2D eigenvalue weighted by Crippen LogP contribution is -2.24. The highest BCUT2D eigenvalue weighted by Crippen LogP contribution is 2.27. The normalized spacial score (nSPS) is 16.7. The van der Waals surface area contributed by atoms with Crippen molar-refractivity contribution in [3.63, 3.8) is 0 Å². The van der Waals surface area contributed by atoms with Crippen LogP contribution in [0.3, 0.4) is 0 Å². The van der Waals surface area contributed by atoms with Crippen LogP contribution >= 0.6 is 0 Å². The van der Waals surface area contributed by atoms with E-state index >= 15 is 0 Å². The molecule has 108 valence electrons. The predicted octanol–water partition coefficient (Wildman–Crippen LogP) is 1.38. The molecule has 1 aliphatic rings. The van der Waals surface area contributed by atoms with Gasteiger partial charge in [0.1, 0.15) is 0 Å². The third kappa shape index (κ3) is 2.64. The van der Waals surface area contributed by atoms with E-state index in [0.717, 1.165) is 0 Å². The Bertz CT molecular complexity index is 562. The SMILES string of the molecule is CC/C(=C\C1=C(C)C(=O)C(OC)=C(OC)C1=O)C(=O)O. The quantitative estimate of drug-likeness (QED) is 0.604. The smallest absolute Gasteiger partial charge is 0.331 e. The summed E-state index contributed by atoms with van der Waals surface area (Å²) in [5, 5.41) is 9.01. The Kier molecular flexibility index (Phi) is 4.85. The van der Waals surface area contributed by atoms with Crippen LogP contribution in [-0.2, 0) is 23.9 Å². The van der Waals surface area contributed by atoms with E-state index in [9.17, 15) is 14.4 Å². The Labute approximate surface area is 116 Å². The van der Waals surface area contributed by atoms with Crippen LogP contribution in [0.15, 0.2) is 34.3 Å². The molecule has 0 saturated heterocycles. The molecule has 0 aromatic rings.